The normalized spacial score (nSPS) is 16.0. The number of aryl methyl sites for hydroxylation is 1. The zero-order chi connectivity index (χ0) is 22.3. The van der Waals surface area contributed by atoms with Crippen LogP contribution in [0, 0.1) is 18.7 Å². The van der Waals surface area contributed by atoms with Crippen LogP contribution in [0.2, 0.25) is 0 Å². The van der Waals surface area contributed by atoms with Crippen LogP contribution in [0.1, 0.15) is 23.4 Å². The number of halogens is 2. The Hall–Kier alpha value is -2.46. The minimum absolute atomic E-state index is 0. The number of rotatable bonds is 7. The van der Waals surface area contributed by atoms with E-state index >= 15 is 0 Å². The van der Waals surface area contributed by atoms with Gasteiger partial charge in [-0.15, -0.1) is 24.0 Å². The molecule has 0 amide bonds. The average molecular weight is 563 g/mol. The summed E-state index contributed by atoms with van der Waals surface area (Å²) in [6.07, 6.45) is 4.51. The number of likely N-dealkylation sites (tertiary alicyclic amines) is 1. The average Bonchev–Trinajstić information content (AvgIpc) is 3.44. The molecule has 4 rings (SSSR count). The van der Waals surface area contributed by atoms with Crippen molar-refractivity contribution < 1.29 is 9.13 Å². The van der Waals surface area contributed by atoms with Crippen molar-refractivity contribution in [1.82, 2.24) is 19.8 Å². The highest BCUT2D eigenvalue weighted by atomic mass is 127. The number of nitrogens with zero attached hydrogens (tertiary/aromatic N) is 4. The summed E-state index contributed by atoms with van der Waals surface area (Å²) >= 11 is 0. The number of hydrogen-bond acceptors (Lipinski definition) is 3. The van der Waals surface area contributed by atoms with E-state index in [2.05, 4.69) is 32.3 Å². The van der Waals surface area contributed by atoms with Gasteiger partial charge in [0, 0.05) is 45.0 Å². The lowest BCUT2D eigenvalue weighted by Crippen LogP contribution is -2.39. The van der Waals surface area contributed by atoms with Gasteiger partial charge in [-0.2, -0.15) is 0 Å². The number of aromatic nitrogens is 2. The summed E-state index contributed by atoms with van der Waals surface area (Å²) in [5.41, 5.74) is 2.57. The maximum Gasteiger partial charge on any atom is 0.193 e. The van der Waals surface area contributed by atoms with Crippen LogP contribution < -0.4 is 5.32 Å². The molecule has 1 atom stereocenters. The lowest BCUT2D eigenvalue weighted by atomic mass is 10.1. The van der Waals surface area contributed by atoms with Crippen LogP contribution in [-0.4, -0.2) is 47.2 Å². The monoisotopic (exact) mass is 563 g/mol. The van der Waals surface area contributed by atoms with E-state index < -0.39 is 0 Å². The third-order valence-corrected chi connectivity index (χ3v) is 5.81. The van der Waals surface area contributed by atoms with E-state index in [0.29, 0.717) is 24.8 Å². The first-order valence-electron chi connectivity index (χ1n) is 11.0. The second-order valence-electron chi connectivity index (χ2n) is 8.13. The molecule has 0 bridgehead atoms. The maximum atomic E-state index is 14.7. The highest BCUT2D eigenvalue weighted by molar-refractivity contribution is 14.0. The van der Waals surface area contributed by atoms with Crippen LogP contribution >= 0.6 is 24.0 Å². The minimum atomic E-state index is -0.266. The van der Waals surface area contributed by atoms with E-state index in [0.717, 1.165) is 43.5 Å². The van der Waals surface area contributed by atoms with Crippen molar-refractivity contribution in [2.45, 2.75) is 26.5 Å². The molecule has 0 spiro atoms. The number of imidazole rings is 1. The van der Waals surface area contributed by atoms with Gasteiger partial charge in [0.2, 0.25) is 0 Å². The summed E-state index contributed by atoms with van der Waals surface area (Å²) in [7, 11) is 1.78. The predicted molar refractivity (Wildman–Crippen MR) is 140 cm³/mol. The maximum absolute atomic E-state index is 14.7. The standard InChI is InChI=1S/C25H30FN5O.HI/c1-19-28-11-13-31(19)24-9-8-21(14-23(24)26)15-29-25(27-2)30-12-10-22(16-30)18-32-17-20-6-4-3-5-7-20;/h3-9,11,13-14,22H,10,12,15-18H2,1-2H3,(H,27,29);1H. The van der Waals surface area contributed by atoms with Gasteiger partial charge in [0.25, 0.3) is 0 Å². The number of ether oxygens (including phenoxy) is 1. The molecule has 1 aliphatic heterocycles. The summed E-state index contributed by atoms with van der Waals surface area (Å²) in [6, 6.07) is 15.5. The summed E-state index contributed by atoms with van der Waals surface area (Å²) in [5.74, 6) is 1.81. The fraction of sp³-hybridized carbons (Fsp3) is 0.360. The fourth-order valence-corrected chi connectivity index (χ4v) is 4.08. The van der Waals surface area contributed by atoms with Gasteiger partial charge in [0.15, 0.2) is 5.96 Å². The molecular formula is C25H31FIN5O. The van der Waals surface area contributed by atoms with Crippen molar-refractivity contribution in [1.29, 1.82) is 0 Å². The molecule has 0 aliphatic carbocycles. The SMILES string of the molecule is CN=C(NCc1ccc(-n2ccnc2C)c(F)c1)N1CCC(COCc2ccccc2)C1.I. The van der Waals surface area contributed by atoms with Gasteiger partial charge in [0.05, 0.1) is 18.9 Å². The highest BCUT2D eigenvalue weighted by Gasteiger charge is 2.25. The smallest absolute Gasteiger partial charge is 0.193 e. The molecule has 1 N–H and O–H groups in total. The Kier molecular flexibility index (Phi) is 9.25. The van der Waals surface area contributed by atoms with E-state index in [1.54, 1.807) is 36.1 Å². The lowest BCUT2D eigenvalue weighted by Gasteiger charge is -2.22. The second-order valence-corrected chi connectivity index (χ2v) is 8.13. The Morgan fingerprint density at radius 2 is 2.03 bits per heavy atom. The van der Waals surface area contributed by atoms with Gasteiger partial charge in [-0.25, -0.2) is 9.37 Å². The van der Waals surface area contributed by atoms with E-state index in [9.17, 15) is 4.39 Å². The fourth-order valence-electron chi connectivity index (χ4n) is 4.08. The number of aliphatic imine (C=N–C) groups is 1. The molecule has 8 heteroatoms. The van der Waals surface area contributed by atoms with Crippen LogP contribution in [0.5, 0.6) is 0 Å². The molecule has 2 aromatic carbocycles. The van der Waals surface area contributed by atoms with Gasteiger partial charge in [0.1, 0.15) is 11.6 Å². The van der Waals surface area contributed by atoms with E-state index in [1.807, 2.05) is 31.2 Å². The van der Waals surface area contributed by atoms with Crippen molar-refractivity contribution in [3.8, 4) is 5.69 Å². The topological polar surface area (TPSA) is 54.7 Å². The molecule has 33 heavy (non-hydrogen) atoms. The van der Waals surface area contributed by atoms with Crippen LogP contribution in [0.3, 0.4) is 0 Å². The first-order valence-corrected chi connectivity index (χ1v) is 11.0. The highest BCUT2D eigenvalue weighted by Crippen LogP contribution is 2.19. The number of nitrogens with one attached hydrogen (secondary N) is 1. The molecule has 176 valence electrons. The van der Waals surface area contributed by atoms with Gasteiger partial charge in [-0.3, -0.25) is 4.99 Å². The largest absolute Gasteiger partial charge is 0.376 e. The van der Waals surface area contributed by atoms with Gasteiger partial charge >= 0.3 is 0 Å². The quantitative estimate of drug-likeness (QED) is 0.261. The van der Waals surface area contributed by atoms with Crippen LogP contribution in [0.25, 0.3) is 5.69 Å². The number of guanidine groups is 1. The molecule has 1 fully saturated rings. The van der Waals surface area contributed by atoms with Crippen LogP contribution in [0.15, 0.2) is 65.9 Å². The Morgan fingerprint density at radius 1 is 1.21 bits per heavy atom. The Balaban J connectivity index is 0.00000306. The van der Waals surface area contributed by atoms with Gasteiger partial charge in [-0.05, 0) is 36.6 Å². The molecule has 3 aromatic rings. The summed E-state index contributed by atoms with van der Waals surface area (Å²) < 4.78 is 22.3. The summed E-state index contributed by atoms with van der Waals surface area (Å²) in [6.45, 7) is 5.59. The molecular weight excluding hydrogens is 532 g/mol. The molecule has 1 saturated heterocycles. The van der Waals surface area contributed by atoms with Crippen molar-refractivity contribution in [2.75, 3.05) is 26.7 Å². The molecule has 0 saturated carbocycles. The number of benzene rings is 2. The van der Waals surface area contributed by atoms with Crippen LogP contribution in [0.4, 0.5) is 4.39 Å². The third-order valence-electron chi connectivity index (χ3n) is 5.81. The zero-order valence-corrected chi connectivity index (χ0v) is 21.4. The molecule has 2 heterocycles. The minimum Gasteiger partial charge on any atom is -0.376 e. The molecule has 0 radical (unpaired) electrons. The van der Waals surface area contributed by atoms with E-state index in [1.165, 1.54) is 5.56 Å². The molecule has 6 nitrogen and oxygen atoms in total. The molecule has 1 unspecified atom stereocenters. The van der Waals surface area contributed by atoms with E-state index in [-0.39, 0.29) is 29.8 Å². The summed E-state index contributed by atoms with van der Waals surface area (Å²) in [4.78, 5) is 10.8. The van der Waals surface area contributed by atoms with Crippen molar-refractivity contribution in [3.05, 3.63) is 83.7 Å². The van der Waals surface area contributed by atoms with E-state index in [4.69, 9.17) is 4.74 Å². The van der Waals surface area contributed by atoms with Crippen molar-refractivity contribution >= 4 is 29.9 Å². The predicted octanol–water partition coefficient (Wildman–Crippen LogP) is 4.55. The number of hydrogen-bond donors (Lipinski definition) is 1. The van der Waals surface area contributed by atoms with Crippen molar-refractivity contribution in [3.63, 3.8) is 0 Å². The molecule has 1 aliphatic rings. The second kappa shape index (κ2) is 12.1. The zero-order valence-electron chi connectivity index (χ0n) is 19.1. The van der Waals surface area contributed by atoms with Gasteiger partial charge in [-0.1, -0.05) is 36.4 Å². The Bertz CT molecular complexity index is 1060. The lowest BCUT2D eigenvalue weighted by molar-refractivity contribution is 0.0906. The first-order chi connectivity index (χ1) is 15.6. The summed E-state index contributed by atoms with van der Waals surface area (Å²) in [5, 5.41) is 3.37. The first kappa shape index (κ1) is 25.2. The Labute approximate surface area is 211 Å². The Morgan fingerprint density at radius 3 is 2.73 bits per heavy atom. The molecule has 1 aromatic heterocycles. The van der Waals surface area contributed by atoms with Gasteiger partial charge < -0.3 is 19.5 Å². The van der Waals surface area contributed by atoms with Crippen molar-refractivity contribution in [2.24, 2.45) is 10.9 Å². The van der Waals surface area contributed by atoms with Crippen LogP contribution in [-0.2, 0) is 17.9 Å². The third kappa shape index (κ3) is 6.54.